The van der Waals surface area contributed by atoms with Gasteiger partial charge in [-0.25, -0.2) is 0 Å². The standard InChI is InChI=1S/C14H11N3O2/c18-12-8-11(16-9-4-2-1-3-5-9)14(19)13-10(12)6-7-15-17-13/h1-8,16,18-19H. The van der Waals surface area contributed by atoms with Gasteiger partial charge in [0.05, 0.1) is 11.9 Å². The van der Waals surface area contributed by atoms with E-state index in [1.807, 2.05) is 30.3 Å². The minimum Gasteiger partial charge on any atom is -0.507 e. The van der Waals surface area contributed by atoms with Crippen LogP contribution in [-0.4, -0.2) is 20.4 Å². The third-order valence-electron chi connectivity index (χ3n) is 2.81. The number of aromatic nitrogens is 2. The number of hydrogen-bond acceptors (Lipinski definition) is 5. The van der Waals surface area contributed by atoms with Crippen molar-refractivity contribution < 1.29 is 10.2 Å². The summed E-state index contributed by atoms with van der Waals surface area (Å²) in [6.07, 6.45) is 1.46. The van der Waals surface area contributed by atoms with Gasteiger partial charge in [-0.15, -0.1) is 5.10 Å². The molecule has 0 radical (unpaired) electrons. The Morgan fingerprint density at radius 2 is 1.79 bits per heavy atom. The highest BCUT2D eigenvalue weighted by Gasteiger charge is 2.12. The molecule has 0 saturated heterocycles. The number of rotatable bonds is 2. The molecule has 0 fully saturated rings. The summed E-state index contributed by atoms with van der Waals surface area (Å²) >= 11 is 0. The second-order valence-corrected chi connectivity index (χ2v) is 4.08. The normalized spacial score (nSPS) is 10.5. The van der Waals surface area contributed by atoms with Gasteiger partial charge in [-0.2, -0.15) is 5.10 Å². The lowest BCUT2D eigenvalue weighted by molar-refractivity contribution is 0.470. The molecule has 1 aromatic heterocycles. The summed E-state index contributed by atoms with van der Waals surface area (Å²) in [5.74, 6) is 0.00545. The van der Waals surface area contributed by atoms with Crippen molar-refractivity contribution in [3.05, 3.63) is 48.7 Å². The van der Waals surface area contributed by atoms with Gasteiger partial charge >= 0.3 is 0 Å². The Kier molecular flexibility index (Phi) is 2.64. The minimum absolute atomic E-state index is 0.0373. The van der Waals surface area contributed by atoms with Crippen LogP contribution in [0.5, 0.6) is 11.5 Å². The lowest BCUT2D eigenvalue weighted by Gasteiger charge is -2.11. The van der Waals surface area contributed by atoms with Crippen molar-refractivity contribution in [3.8, 4) is 11.5 Å². The Morgan fingerprint density at radius 1 is 1.00 bits per heavy atom. The molecule has 3 aromatic rings. The molecule has 0 aliphatic rings. The van der Waals surface area contributed by atoms with Gasteiger partial charge < -0.3 is 15.5 Å². The lowest BCUT2D eigenvalue weighted by Crippen LogP contribution is -1.93. The molecule has 94 valence electrons. The van der Waals surface area contributed by atoms with E-state index in [0.717, 1.165) is 5.69 Å². The van der Waals surface area contributed by atoms with E-state index < -0.39 is 0 Å². The second-order valence-electron chi connectivity index (χ2n) is 4.08. The largest absolute Gasteiger partial charge is 0.507 e. The highest BCUT2D eigenvalue weighted by Crippen LogP contribution is 2.38. The number of anilines is 2. The van der Waals surface area contributed by atoms with E-state index in [-0.39, 0.29) is 17.0 Å². The van der Waals surface area contributed by atoms with E-state index >= 15 is 0 Å². The molecule has 0 spiro atoms. The average molecular weight is 253 g/mol. The highest BCUT2D eigenvalue weighted by molar-refractivity contribution is 5.95. The van der Waals surface area contributed by atoms with Crippen molar-refractivity contribution in [2.24, 2.45) is 0 Å². The first-order valence-electron chi connectivity index (χ1n) is 5.74. The molecule has 1 heterocycles. The molecule has 3 N–H and O–H groups in total. The Labute approximate surface area is 109 Å². The van der Waals surface area contributed by atoms with E-state index in [2.05, 4.69) is 15.5 Å². The molecule has 5 nitrogen and oxygen atoms in total. The first kappa shape index (κ1) is 11.3. The first-order chi connectivity index (χ1) is 9.25. The van der Waals surface area contributed by atoms with Crippen LogP contribution in [0.4, 0.5) is 11.4 Å². The number of phenolic OH excluding ortho intramolecular Hbond substituents is 2. The predicted octanol–water partition coefficient (Wildman–Crippen LogP) is 2.78. The summed E-state index contributed by atoms with van der Waals surface area (Å²) in [5, 5.41) is 31.1. The molecule has 3 rings (SSSR count). The lowest BCUT2D eigenvalue weighted by atomic mass is 10.1. The molecule has 0 amide bonds. The van der Waals surface area contributed by atoms with Crippen LogP contribution in [0, 0.1) is 0 Å². The Hall–Kier alpha value is -2.82. The molecule has 0 unspecified atom stereocenters. The topological polar surface area (TPSA) is 78.3 Å². The third-order valence-corrected chi connectivity index (χ3v) is 2.81. The van der Waals surface area contributed by atoms with E-state index in [1.165, 1.54) is 12.3 Å². The maximum Gasteiger partial charge on any atom is 0.167 e. The Bertz CT molecular complexity index is 729. The van der Waals surface area contributed by atoms with Gasteiger partial charge in [0.25, 0.3) is 0 Å². The fraction of sp³-hybridized carbons (Fsp3) is 0. The zero-order valence-electron chi connectivity index (χ0n) is 9.91. The number of nitrogens with zero attached hydrogens (tertiary/aromatic N) is 2. The van der Waals surface area contributed by atoms with Crippen LogP contribution in [0.3, 0.4) is 0 Å². The fourth-order valence-corrected chi connectivity index (χ4v) is 1.90. The van der Waals surface area contributed by atoms with Gasteiger partial charge in [0.1, 0.15) is 11.3 Å². The van der Waals surface area contributed by atoms with Crippen LogP contribution in [0.25, 0.3) is 10.9 Å². The van der Waals surface area contributed by atoms with Crippen LogP contribution < -0.4 is 5.32 Å². The van der Waals surface area contributed by atoms with Gasteiger partial charge in [0, 0.05) is 17.1 Å². The molecular weight excluding hydrogens is 242 g/mol. The summed E-state index contributed by atoms with van der Waals surface area (Å²) in [5.41, 5.74) is 1.46. The van der Waals surface area contributed by atoms with Gasteiger partial charge in [0.15, 0.2) is 5.75 Å². The molecule has 0 aliphatic heterocycles. The second kappa shape index (κ2) is 4.45. The van der Waals surface area contributed by atoms with E-state index in [9.17, 15) is 10.2 Å². The average Bonchev–Trinajstić information content (AvgIpc) is 2.46. The summed E-state index contributed by atoms with van der Waals surface area (Å²) in [6, 6.07) is 12.4. The number of phenols is 2. The summed E-state index contributed by atoms with van der Waals surface area (Å²) in [4.78, 5) is 0. The van der Waals surface area contributed by atoms with Crippen molar-refractivity contribution in [3.63, 3.8) is 0 Å². The van der Waals surface area contributed by atoms with Crippen LogP contribution in [0.15, 0.2) is 48.7 Å². The molecule has 2 aromatic carbocycles. The summed E-state index contributed by atoms with van der Waals surface area (Å²) in [6.45, 7) is 0. The number of nitrogens with one attached hydrogen (secondary N) is 1. The fourth-order valence-electron chi connectivity index (χ4n) is 1.90. The first-order valence-corrected chi connectivity index (χ1v) is 5.74. The van der Waals surface area contributed by atoms with Crippen molar-refractivity contribution >= 4 is 22.3 Å². The van der Waals surface area contributed by atoms with Gasteiger partial charge in [-0.3, -0.25) is 0 Å². The van der Waals surface area contributed by atoms with Crippen molar-refractivity contribution in [1.82, 2.24) is 10.2 Å². The van der Waals surface area contributed by atoms with E-state index in [0.29, 0.717) is 11.1 Å². The quantitative estimate of drug-likeness (QED) is 0.483. The van der Waals surface area contributed by atoms with Gasteiger partial charge in [-0.05, 0) is 18.2 Å². The smallest absolute Gasteiger partial charge is 0.167 e. The van der Waals surface area contributed by atoms with Crippen molar-refractivity contribution in [2.75, 3.05) is 5.32 Å². The van der Waals surface area contributed by atoms with Crippen LogP contribution in [0.1, 0.15) is 0 Å². The maximum absolute atomic E-state index is 10.2. The summed E-state index contributed by atoms with van der Waals surface area (Å²) in [7, 11) is 0. The SMILES string of the molecule is Oc1cc(Nc2ccccc2)c(O)c2nnccc12. The summed E-state index contributed by atoms with van der Waals surface area (Å²) < 4.78 is 0. The Balaban J connectivity index is 2.12. The molecule has 0 atom stereocenters. The maximum atomic E-state index is 10.2. The zero-order valence-corrected chi connectivity index (χ0v) is 9.91. The molecule has 5 heteroatoms. The number of para-hydroxylation sites is 1. The number of aromatic hydroxyl groups is 2. The van der Waals surface area contributed by atoms with E-state index in [4.69, 9.17) is 0 Å². The van der Waals surface area contributed by atoms with E-state index in [1.54, 1.807) is 6.07 Å². The van der Waals surface area contributed by atoms with Crippen LogP contribution >= 0.6 is 0 Å². The minimum atomic E-state index is -0.0373. The molecule has 0 aliphatic carbocycles. The number of benzene rings is 2. The third kappa shape index (κ3) is 2.01. The predicted molar refractivity (Wildman–Crippen MR) is 72.6 cm³/mol. The number of hydrogen-bond donors (Lipinski definition) is 3. The van der Waals surface area contributed by atoms with Crippen LogP contribution in [-0.2, 0) is 0 Å². The molecular formula is C14H11N3O2. The van der Waals surface area contributed by atoms with Crippen LogP contribution in [0.2, 0.25) is 0 Å². The highest BCUT2D eigenvalue weighted by atomic mass is 16.3. The molecule has 0 bridgehead atoms. The zero-order chi connectivity index (χ0) is 13.2. The Morgan fingerprint density at radius 3 is 2.58 bits per heavy atom. The molecule has 0 saturated carbocycles. The molecule has 19 heavy (non-hydrogen) atoms. The monoisotopic (exact) mass is 253 g/mol. The van der Waals surface area contributed by atoms with Gasteiger partial charge in [-0.1, -0.05) is 18.2 Å². The number of fused-ring (bicyclic) bond motifs is 1. The van der Waals surface area contributed by atoms with Crippen molar-refractivity contribution in [1.29, 1.82) is 0 Å². The van der Waals surface area contributed by atoms with Gasteiger partial charge in [0.2, 0.25) is 0 Å². The van der Waals surface area contributed by atoms with Crippen molar-refractivity contribution in [2.45, 2.75) is 0 Å².